The van der Waals surface area contributed by atoms with Gasteiger partial charge in [-0.3, -0.25) is 9.59 Å². The molecule has 1 atom stereocenters. The topological polar surface area (TPSA) is 55.4 Å². The van der Waals surface area contributed by atoms with Gasteiger partial charge in [-0.1, -0.05) is 27.5 Å². The van der Waals surface area contributed by atoms with E-state index in [-0.39, 0.29) is 0 Å². The Morgan fingerprint density at radius 3 is 2.71 bits per heavy atom. The Bertz CT molecular complexity index is 450. The molecule has 0 aromatic heterocycles. The zero-order chi connectivity index (χ0) is 13.0. The number of carbonyl (C=O) groups excluding carboxylic acids is 2. The summed E-state index contributed by atoms with van der Waals surface area (Å²) in [6.45, 7) is 2.83. The monoisotopic (exact) mass is 319 g/mol. The maximum absolute atomic E-state index is 11.8. The van der Waals surface area contributed by atoms with Crippen LogP contribution in [-0.4, -0.2) is 18.1 Å². The van der Waals surface area contributed by atoms with Gasteiger partial charge >= 0.3 is 5.97 Å². The van der Waals surface area contributed by atoms with Crippen LogP contribution in [0, 0.1) is 0 Å². The second kappa shape index (κ2) is 6.02. The highest BCUT2D eigenvalue weighted by molar-refractivity contribution is 9.10. The van der Waals surface area contributed by atoms with Gasteiger partial charge in [0.1, 0.15) is 0 Å². The van der Waals surface area contributed by atoms with Crippen LogP contribution in [0.3, 0.4) is 0 Å². The molecule has 0 aliphatic heterocycles. The van der Waals surface area contributed by atoms with E-state index in [1.54, 1.807) is 25.1 Å². The number of rotatable bonds is 3. The van der Waals surface area contributed by atoms with E-state index in [9.17, 15) is 9.59 Å². The Morgan fingerprint density at radius 1 is 1.47 bits per heavy atom. The number of hydrogen-bond acceptors (Lipinski definition) is 3. The van der Waals surface area contributed by atoms with Crippen LogP contribution >= 0.6 is 27.5 Å². The Kier molecular flexibility index (Phi) is 4.96. The average molecular weight is 321 g/mol. The molecule has 0 spiro atoms. The molecule has 4 nitrogen and oxygen atoms in total. The molecule has 17 heavy (non-hydrogen) atoms. The molecule has 1 rings (SSSR count). The van der Waals surface area contributed by atoms with Crippen molar-refractivity contribution in [2.75, 3.05) is 0 Å². The van der Waals surface area contributed by atoms with Crippen molar-refractivity contribution in [1.29, 1.82) is 0 Å². The fourth-order valence-electron chi connectivity index (χ4n) is 1.21. The molecule has 92 valence electrons. The molecule has 1 amide bonds. The number of ether oxygens (including phenoxy) is 1. The summed E-state index contributed by atoms with van der Waals surface area (Å²) >= 11 is 9.14. The second-order valence-corrected chi connectivity index (χ2v) is 4.67. The average Bonchev–Trinajstić information content (AvgIpc) is 2.20. The molecule has 0 radical (unpaired) electrons. The van der Waals surface area contributed by atoms with Crippen LogP contribution in [0.4, 0.5) is 0 Å². The third-order valence-corrected chi connectivity index (χ3v) is 2.67. The highest BCUT2D eigenvalue weighted by Gasteiger charge is 2.14. The van der Waals surface area contributed by atoms with Gasteiger partial charge in [0.2, 0.25) is 0 Å². The van der Waals surface area contributed by atoms with Gasteiger partial charge in [-0.15, -0.1) is 0 Å². The van der Waals surface area contributed by atoms with Crippen molar-refractivity contribution in [1.82, 2.24) is 5.32 Å². The number of nitrogens with one attached hydrogen (secondary N) is 1. The van der Waals surface area contributed by atoms with Crippen molar-refractivity contribution >= 4 is 39.4 Å². The standard InChI is InChI=1S/C11H11BrClNO3/c1-6(17-7(2)15)14-11(16)9-5-8(12)3-4-10(9)13/h3-6H,1-2H3,(H,14,16). The Balaban J connectivity index is 2.76. The molecule has 0 saturated heterocycles. The molecule has 1 aromatic carbocycles. The van der Waals surface area contributed by atoms with E-state index in [1.807, 2.05) is 0 Å². The molecule has 0 aliphatic rings. The zero-order valence-electron chi connectivity index (χ0n) is 9.29. The number of benzene rings is 1. The van der Waals surface area contributed by atoms with Crippen molar-refractivity contribution in [3.8, 4) is 0 Å². The number of halogens is 2. The molecular formula is C11H11BrClNO3. The lowest BCUT2D eigenvalue weighted by Gasteiger charge is -2.14. The highest BCUT2D eigenvalue weighted by Crippen LogP contribution is 2.20. The Hall–Kier alpha value is -1.07. The van der Waals surface area contributed by atoms with E-state index in [0.29, 0.717) is 10.6 Å². The highest BCUT2D eigenvalue weighted by atomic mass is 79.9. The summed E-state index contributed by atoms with van der Waals surface area (Å²) in [4.78, 5) is 22.5. The summed E-state index contributed by atoms with van der Waals surface area (Å²) < 4.78 is 5.53. The first kappa shape index (κ1) is 14.0. The largest absolute Gasteiger partial charge is 0.442 e. The Morgan fingerprint density at radius 2 is 2.12 bits per heavy atom. The smallest absolute Gasteiger partial charge is 0.304 e. The van der Waals surface area contributed by atoms with Gasteiger partial charge in [0.05, 0.1) is 10.6 Å². The Labute approximate surface area is 112 Å². The normalized spacial score (nSPS) is 11.8. The van der Waals surface area contributed by atoms with Gasteiger partial charge < -0.3 is 10.1 Å². The predicted octanol–water partition coefficient (Wildman–Crippen LogP) is 2.74. The molecule has 0 fully saturated rings. The van der Waals surface area contributed by atoms with Crippen molar-refractivity contribution in [2.45, 2.75) is 20.1 Å². The first-order chi connectivity index (χ1) is 7.90. The summed E-state index contributed by atoms with van der Waals surface area (Å²) in [5.74, 6) is -0.858. The maximum atomic E-state index is 11.8. The third kappa shape index (κ3) is 4.36. The van der Waals surface area contributed by atoms with Gasteiger partial charge in [0, 0.05) is 11.4 Å². The first-order valence-corrected chi connectivity index (χ1v) is 6.00. The SMILES string of the molecule is CC(=O)OC(C)NC(=O)c1cc(Br)ccc1Cl. The fourth-order valence-corrected chi connectivity index (χ4v) is 1.78. The summed E-state index contributed by atoms with van der Waals surface area (Å²) in [6.07, 6.45) is -0.699. The lowest BCUT2D eigenvalue weighted by atomic mass is 10.2. The third-order valence-electron chi connectivity index (χ3n) is 1.85. The number of hydrogen-bond donors (Lipinski definition) is 1. The molecule has 0 saturated carbocycles. The van der Waals surface area contributed by atoms with Crippen LogP contribution in [0.1, 0.15) is 24.2 Å². The predicted molar refractivity (Wildman–Crippen MR) is 67.8 cm³/mol. The van der Waals surface area contributed by atoms with Gasteiger partial charge in [-0.2, -0.15) is 0 Å². The van der Waals surface area contributed by atoms with Crippen LogP contribution in [-0.2, 0) is 9.53 Å². The van der Waals surface area contributed by atoms with Crippen LogP contribution in [0.25, 0.3) is 0 Å². The van der Waals surface area contributed by atoms with Crippen LogP contribution in [0.5, 0.6) is 0 Å². The summed E-state index contributed by atoms with van der Waals surface area (Å²) in [6, 6.07) is 4.93. The summed E-state index contributed by atoms with van der Waals surface area (Å²) in [7, 11) is 0. The lowest BCUT2D eigenvalue weighted by molar-refractivity contribution is -0.146. The molecule has 1 aromatic rings. The molecule has 0 heterocycles. The quantitative estimate of drug-likeness (QED) is 0.688. The van der Waals surface area contributed by atoms with Gasteiger partial charge in [0.25, 0.3) is 5.91 Å². The molecule has 0 bridgehead atoms. The summed E-state index contributed by atoms with van der Waals surface area (Å²) in [5, 5.41) is 2.84. The number of carbonyl (C=O) groups is 2. The van der Waals surface area contributed by atoms with E-state index in [0.717, 1.165) is 4.47 Å². The lowest BCUT2D eigenvalue weighted by Crippen LogP contribution is -2.35. The van der Waals surface area contributed by atoms with E-state index in [2.05, 4.69) is 21.2 Å². The molecule has 6 heteroatoms. The van der Waals surface area contributed by atoms with Crippen LogP contribution in [0.2, 0.25) is 5.02 Å². The zero-order valence-corrected chi connectivity index (χ0v) is 11.6. The molecule has 1 N–H and O–H groups in total. The first-order valence-electron chi connectivity index (χ1n) is 4.83. The van der Waals surface area contributed by atoms with Crippen molar-refractivity contribution in [3.05, 3.63) is 33.3 Å². The van der Waals surface area contributed by atoms with Gasteiger partial charge in [0.15, 0.2) is 6.23 Å². The molecule has 0 aliphatic carbocycles. The number of amides is 1. The minimum absolute atomic E-state index is 0.319. The van der Waals surface area contributed by atoms with Crippen molar-refractivity contribution in [3.63, 3.8) is 0 Å². The number of esters is 1. The second-order valence-electron chi connectivity index (χ2n) is 3.35. The van der Waals surface area contributed by atoms with E-state index >= 15 is 0 Å². The van der Waals surface area contributed by atoms with Crippen LogP contribution in [0.15, 0.2) is 22.7 Å². The minimum Gasteiger partial charge on any atom is -0.442 e. The van der Waals surface area contributed by atoms with Gasteiger partial charge in [-0.05, 0) is 25.1 Å². The van der Waals surface area contributed by atoms with Crippen molar-refractivity contribution in [2.24, 2.45) is 0 Å². The van der Waals surface area contributed by atoms with E-state index in [4.69, 9.17) is 16.3 Å². The minimum atomic E-state index is -0.699. The van der Waals surface area contributed by atoms with Crippen LogP contribution < -0.4 is 5.32 Å². The fraction of sp³-hybridized carbons (Fsp3) is 0.273. The van der Waals surface area contributed by atoms with E-state index in [1.165, 1.54) is 6.92 Å². The molecular weight excluding hydrogens is 309 g/mol. The maximum Gasteiger partial charge on any atom is 0.304 e. The van der Waals surface area contributed by atoms with Gasteiger partial charge in [-0.25, -0.2) is 0 Å². The van der Waals surface area contributed by atoms with Crippen molar-refractivity contribution < 1.29 is 14.3 Å². The van der Waals surface area contributed by atoms with E-state index < -0.39 is 18.1 Å². The summed E-state index contributed by atoms with van der Waals surface area (Å²) in [5.41, 5.74) is 0.319. The molecule has 1 unspecified atom stereocenters.